The lowest BCUT2D eigenvalue weighted by atomic mass is 10.3. The van der Waals surface area contributed by atoms with Crippen LogP contribution < -0.4 is 0 Å². The lowest BCUT2D eigenvalue weighted by molar-refractivity contribution is -0.131. The van der Waals surface area contributed by atoms with Crippen molar-refractivity contribution in [3.05, 3.63) is 24.3 Å². The maximum atomic E-state index is 9.84. The lowest BCUT2D eigenvalue weighted by Crippen LogP contribution is -1.87. The fraction of sp³-hybridized carbons (Fsp3) is 0.167. The number of carboxylic acids is 1. The molecule has 44 valence electrons. The third kappa shape index (κ3) is 3.15. The molecule has 0 aliphatic heterocycles. The first-order chi connectivity index (χ1) is 3.66. The highest BCUT2D eigenvalue weighted by atomic mass is 16.4. The van der Waals surface area contributed by atoms with Crippen molar-refractivity contribution in [1.82, 2.24) is 0 Å². The molecule has 0 aliphatic carbocycles. The summed E-state index contributed by atoms with van der Waals surface area (Å²) in [6.45, 7) is 5.06. The minimum Gasteiger partial charge on any atom is -0.478 e. The summed E-state index contributed by atoms with van der Waals surface area (Å²) >= 11 is 0. The molecule has 0 aromatic heterocycles. The van der Waals surface area contributed by atoms with Crippen molar-refractivity contribution >= 4 is 5.97 Å². The van der Waals surface area contributed by atoms with E-state index < -0.39 is 5.97 Å². The Morgan fingerprint density at radius 1 is 1.75 bits per heavy atom. The number of rotatable bonds is 2. The number of carboxylic acid groups (broad SMARTS) is 1. The van der Waals surface area contributed by atoms with Crippen molar-refractivity contribution < 1.29 is 9.90 Å². The maximum Gasteiger partial charge on any atom is 0.328 e. The Bertz CT molecular complexity index is 133. The standard InChI is InChI=1S/C6H8O2/c1-3-5(2)4-6(7)8/h3-4H,1H2,2H3,(H,7,8)/b5-4-. The van der Waals surface area contributed by atoms with Gasteiger partial charge in [0.05, 0.1) is 0 Å². The Labute approximate surface area is 48.1 Å². The van der Waals surface area contributed by atoms with E-state index >= 15 is 0 Å². The molecule has 1 N–H and O–H groups in total. The summed E-state index contributed by atoms with van der Waals surface area (Å²) in [7, 11) is 0. The first-order valence-corrected chi connectivity index (χ1v) is 2.20. The van der Waals surface area contributed by atoms with E-state index in [-0.39, 0.29) is 0 Å². The van der Waals surface area contributed by atoms with Crippen LogP contribution in [-0.4, -0.2) is 11.1 Å². The topological polar surface area (TPSA) is 37.3 Å². The molecule has 0 fully saturated rings. The zero-order valence-corrected chi connectivity index (χ0v) is 4.72. The minimum atomic E-state index is -0.928. The van der Waals surface area contributed by atoms with E-state index in [4.69, 9.17) is 5.11 Å². The van der Waals surface area contributed by atoms with Crippen LogP contribution in [0.4, 0.5) is 0 Å². The van der Waals surface area contributed by atoms with Crippen LogP contribution in [0, 0.1) is 0 Å². The second kappa shape index (κ2) is 3.02. The largest absolute Gasteiger partial charge is 0.478 e. The Kier molecular flexibility index (Phi) is 2.62. The van der Waals surface area contributed by atoms with E-state index in [1.807, 2.05) is 0 Å². The van der Waals surface area contributed by atoms with Crippen LogP contribution in [-0.2, 0) is 4.79 Å². The van der Waals surface area contributed by atoms with Gasteiger partial charge in [0.1, 0.15) is 0 Å². The van der Waals surface area contributed by atoms with Crippen molar-refractivity contribution in [3.63, 3.8) is 0 Å². The molecule has 0 saturated carbocycles. The predicted molar refractivity (Wildman–Crippen MR) is 31.6 cm³/mol. The second-order valence-electron chi connectivity index (χ2n) is 1.43. The highest BCUT2D eigenvalue weighted by Gasteiger charge is 1.85. The van der Waals surface area contributed by atoms with Crippen molar-refractivity contribution in [2.24, 2.45) is 0 Å². The number of aliphatic carboxylic acids is 1. The molecule has 0 aliphatic rings. The highest BCUT2D eigenvalue weighted by Crippen LogP contribution is 1.89. The van der Waals surface area contributed by atoms with Gasteiger partial charge >= 0.3 is 5.97 Å². The van der Waals surface area contributed by atoms with Crippen molar-refractivity contribution in [2.45, 2.75) is 6.92 Å². The van der Waals surface area contributed by atoms with Crippen molar-refractivity contribution in [3.8, 4) is 0 Å². The zero-order chi connectivity index (χ0) is 6.57. The first-order valence-electron chi connectivity index (χ1n) is 2.20. The molecule has 0 atom stereocenters. The summed E-state index contributed by atoms with van der Waals surface area (Å²) in [6, 6.07) is 0. The summed E-state index contributed by atoms with van der Waals surface area (Å²) < 4.78 is 0. The normalized spacial score (nSPS) is 10.9. The summed E-state index contributed by atoms with van der Waals surface area (Å²) in [6.07, 6.45) is 2.60. The van der Waals surface area contributed by atoms with Crippen LogP contribution in [0.5, 0.6) is 0 Å². The molecule has 2 nitrogen and oxygen atoms in total. The summed E-state index contributed by atoms with van der Waals surface area (Å²) in [4.78, 5) is 9.84. The molecule has 0 heterocycles. The van der Waals surface area contributed by atoms with E-state index in [9.17, 15) is 4.79 Å². The van der Waals surface area contributed by atoms with Gasteiger partial charge in [-0.2, -0.15) is 0 Å². The third-order valence-electron chi connectivity index (χ3n) is 0.673. The van der Waals surface area contributed by atoms with E-state index in [0.29, 0.717) is 5.57 Å². The molecule has 0 aromatic rings. The quantitative estimate of drug-likeness (QED) is 0.430. The van der Waals surface area contributed by atoms with Crippen molar-refractivity contribution in [1.29, 1.82) is 0 Å². The van der Waals surface area contributed by atoms with Crippen LogP contribution in [0.1, 0.15) is 6.92 Å². The van der Waals surface area contributed by atoms with Crippen LogP contribution in [0.15, 0.2) is 24.3 Å². The number of hydrogen-bond acceptors (Lipinski definition) is 1. The predicted octanol–water partition coefficient (Wildman–Crippen LogP) is 1.20. The second-order valence-corrected chi connectivity index (χ2v) is 1.43. The molecule has 0 unspecified atom stereocenters. The lowest BCUT2D eigenvalue weighted by Gasteiger charge is -1.82. The van der Waals surface area contributed by atoms with Crippen molar-refractivity contribution in [2.75, 3.05) is 0 Å². The Morgan fingerprint density at radius 3 is 2.38 bits per heavy atom. The molecule has 0 rings (SSSR count). The van der Waals surface area contributed by atoms with Gasteiger partial charge in [-0.05, 0) is 12.5 Å². The van der Waals surface area contributed by atoms with Gasteiger partial charge in [0, 0.05) is 6.08 Å². The van der Waals surface area contributed by atoms with E-state index in [1.165, 1.54) is 6.08 Å². The van der Waals surface area contributed by atoms with Gasteiger partial charge in [0.2, 0.25) is 0 Å². The highest BCUT2D eigenvalue weighted by molar-refractivity contribution is 5.81. The fourth-order valence-electron chi connectivity index (χ4n) is 0.254. The number of carbonyl (C=O) groups is 1. The van der Waals surface area contributed by atoms with Crippen LogP contribution >= 0.6 is 0 Å². The number of allylic oxidation sites excluding steroid dienone is 2. The molecule has 0 bridgehead atoms. The molecular formula is C6H8O2. The third-order valence-corrected chi connectivity index (χ3v) is 0.673. The van der Waals surface area contributed by atoms with Gasteiger partial charge in [-0.25, -0.2) is 4.79 Å². The van der Waals surface area contributed by atoms with Gasteiger partial charge in [0.15, 0.2) is 0 Å². The summed E-state index contributed by atoms with van der Waals surface area (Å²) in [5.74, 6) is -0.928. The molecule has 0 amide bonds. The zero-order valence-electron chi connectivity index (χ0n) is 4.72. The van der Waals surface area contributed by atoms with Gasteiger partial charge in [-0.1, -0.05) is 12.7 Å². The van der Waals surface area contributed by atoms with Crippen LogP contribution in [0.25, 0.3) is 0 Å². The number of hydrogen-bond donors (Lipinski definition) is 1. The van der Waals surface area contributed by atoms with Gasteiger partial charge < -0.3 is 5.11 Å². The Morgan fingerprint density at radius 2 is 2.25 bits per heavy atom. The average molecular weight is 112 g/mol. The summed E-state index contributed by atoms with van der Waals surface area (Å²) in [5, 5.41) is 8.09. The van der Waals surface area contributed by atoms with Crippen LogP contribution in [0.2, 0.25) is 0 Å². The average Bonchev–Trinajstić information content (AvgIpc) is 1.65. The fourth-order valence-corrected chi connectivity index (χ4v) is 0.254. The smallest absolute Gasteiger partial charge is 0.328 e. The van der Waals surface area contributed by atoms with E-state index in [1.54, 1.807) is 6.92 Å². The Hall–Kier alpha value is -1.05. The van der Waals surface area contributed by atoms with Crippen LogP contribution in [0.3, 0.4) is 0 Å². The Balaban J connectivity index is 3.94. The molecule has 0 aromatic carbocycles. The molecule has 0 radical (unpaired) electrons. The maximum absolute atomic E-state index is 9.84. The molecular weight excluding hydrogens is 104 g/mol. The first kappa shape index (κ1) is 6.95. The SMILES string of the molecule is C=C/C(C)=C\C(=O)O. The monoisotopic (exact) mass is 112 g/mol. The summed E-state index contributed by atoms with van der Waals surface area (Å²) in [5.41, 5.74) is 0.664. The van der Waals surface area contributed by atoms with Gasteiger partial charge in [-0.3, -0.25) is 0 Å². The molecule has 0 saturated heterocycles. The van der Waals surface area contributed by atoms with Gasteiger partial charge in [0.25, 0.3) is 0 Å². The minimum absolute atomic E-state index is 0.664. The van der Waals surface area contributed by atoms with Gasteiger partial charge in [-0.15, -0.1) is 0 Å². The molecule has 8 heavy (non-hydrogen) atoms. The molecule has 2 heteroatoms. The van der Waals surface area contributed by atoms with E-state index in [2.05, 4.69) is 6.58 Å². The molecule has 0 spiro atoms. The van der Waals surface area contributed by atoms with E-state index in [0.717, 1.165) is 6.08 Å².